The van der Waals surface area contributed by atoms with Crippen molar-refractivity contribution in [3.63, 3.8) is 0 Å². The third-order valence-electron chi connectivity index (χ3n) is 5.21. The standard InChI is InChI=1S/C27H27BrClFN2O3/c1-18(2)31-27(34)24(14-19-6-4-3-5-7-19)32(16-20-8-11-22(30)12-9-20)26(33)17-35-25-13-10-21(29)15-23(25)28/h3-13,15,18,24H,14,16-17H2,1-2H3,(H,31,34)/t24-/m1/s1. The quantitative estimate of drug-likeness (QED) is 0.341. The van der Waals surface area contributed by atoms with Crippen LogP contribution in [-0.2, 0) is 22.6 Å². The average Bonchev–Trinajstić information content (AvgIpc) is 2.82. The molecule has 0 aromatic heterocycles. The number of benzene rings is 3. The summed E-state index contributed by atoms with van der Waals surface area (Å²) < 4.78 is 19.9. The lowest BCUT2D eigenvalue weighted by Crippen LogP contribution is -2.52. The molecule has 0 unspecified atom stereocenters. The third-order valence-corrected chi connectivity index (χ3v) is 6.07. The van der Waals surface area contributed by atoms with Crippen molar-refractivity contribution in [2.75, 3.05) is 6.61 Å². The van der Waals surface area contributed by atoms with Crippen LogP contribution in [0.4, 0.5) is 4.39 Å². The van der Waals surface area contributed by atoms with Crippen molar-refractivity contribution in [2.24, 2.45) is 0 Å². The van der Waals surface area contributed by atoms with Crippen molar-refractivity contribution in [1.82, 2.24) is 10.2 Å². The van der Waals surface area contributed by atoms with Crippen LogP contribution in [0.15, 0.2) is 77.3 Å². The second kappa shape index (κ2) is 12.7. The highest BCUT2D eigenvalue weighted by Gasteiger charge is 2.31. The lowest BCUT2D eigenvalue weighted by atomic mass is 10.0. The average molecular weight is 562 g/mol. The molecule has 184 valence electrons. The van der Waals surface area contributed by atoms with Crippen molar-refractivity contribution in [1.29, 1.82) is 0 Å². The highest BCUT2D eigenvalue weighted by Crippen LogP contribution is 2.28. The van der Waals surface area contributed by atoms with Gasteiger partial charge in [0.15, 0.2) is 6.61 Å². The maximum absolute atomic E-state index is 13.5. The van der Waals surface area contributed by atoms with Crippen LogP contribution >= 0.6 is 27.5 Å². The zero-order chi connectivity index (χ0) is 25.4. The summed E-state index contributed by atoms with van der Waals surface area (Å²) in [5, 5.41) is 3.46. The van der Waals surface area contributed by atoms with Crippen LogP contribution in [0, 0.1) is 5.82 Å². The van der Waals surface area contributed by atoms with Gasteiger partial charge < -0.3 is 15.0 Å². The summed E-state index contributed by atoms with van der Waals surface area (Å²) in [5.74, 6) is -0.570. The number of carbonyl (C=O) groups is 2. The lowest BCUT2D eigenvalue weighted by Gasteiger charge is -2.32. The molecule has 0 fully saturated rings. The van der Waals surface area contributed by atoms with E-state index in [1.54, 1.807) is 30.3 Å². The molecule has 0 saturated carbocycles. The molecule has 3 rings (SSSR count). The molecule has 0 spiro atoms. The Morgan fingerprint density at radius 2 is 1.71 bits per heavy atom. The van der Waals surface area contributed by atoms with Crippen LogP contribution in [0.2, 0.25) is 5.02 Å². The summed E-state index contributed by atoms with van der Waals surface area (Å²) in [7, 11) is 0. The van der Waals surface area contributed by atoms with Crippen LogP contribution in [0.3, 0.4) is 0 Å². The normalized spacial score (nSPS) is 11.7. The monoisotopic (exact) mass is 560 g/mol. The fraction of sp³-hybridized carbons (Fsp3) is 0.259. The number of nitrogens with one attached hydrogen (secondary N) is 1. The summed E-state index contributed by atoms with van der Waals surface area (Å²) in [6.07, 6.45) is 0.316. The first kappa shape index (κ1) is 26.7. The van der Waals surface area contributed by atoms with Gasteiger partial charge in [0.1, 0.15) is 17.6 Å². The van der Waals surface area contributed by atoms with E-state index in [1.807, 2.05) is 44.2 Å². The summed E-state index contributed by atoms with van der Waals surface area (Å²) in [6.45, 7) is 3.56. The highest BCUT2D eigenvalue weighted by molar-refractivity contribution is 9.10. The van der Waals surface area contributed by atoms with Gasteiger partial charge in [-0.25, -0.2) is 4.39 Å². The Labute approximate surface area is 218 Å². The molecule has 0 aliphatic rings. The molecule has 3 aromatic carbocycles. The fourth-order valence-corrected chi connectivity index (χ4v) is 4.33. The largest absolute Gasteiger partial charge is 0.483 e. The van der Waals surface area contributed by atoms with Gasteiger partial charge in [0.25, 0.3) is 5.91 Å². The molecule has 35 heavy (non-hydrogen) atoms. The number of hydrogen-bond acceptors (Lipinski definition) is 3. The van der Waals surface area contributed by atoms with Crippen LogP contribution in [-0.4, -0.2) is 35.4 Å². The lowest BCUT2D eigenvalue weighted by molar-refractivity contribution is -0.143. The van der Waals surface area contributed by atoms with Gasteiger partial charge in [0.2, 0.25) is 5.91 Å². The molecule has 0 saturated heterocycles. The molecular formula is C27H27BrClFN2O3. The van der Waals surface area contributed by atoms with Crippen molar-refractivity contribution >= 4 is 39.3 Å². The van der Waals surface area contributed by atoms with Crippen molar-refractivity contribution < 1.29 is 18.7 Å². The van der Waals surface area contributed by atoms with E-state index in [0.717, 1.165) is 5.56 Å². The number of halogens is 3. The molecule has 0 heterocycles. The van der Waals surface area contributed by atoms with E-state index >= 15 is 0 Å². The zero-order valence-electron chi connectivity index (χ0n) is 19.5. The predicted molar refractivity (Wildman–Crippen MR) is 139 cm³/mol. The van der Waals surface area contributed by atoms with Gasteiger partial charge in [0.05, 0.1) is 4.47 Å². The second-order valence-corrected chi connectivity index (χ2v) is 9.67. The zero-order valence-corrected chi connectivity index (χ0v) is 21.9. The smallest absolute Gasteiger partial charge is 0.261 e. The molecule has 3 aromatic rings. The number of ether oxygens (including phenoxy) is 1. The first-order valence-corrected chi connectivity index (χ1v) is 12.4. The fourth-order valence-electron chi connectivity index (χ4n) is 3.54. The third kappa shape index (κ3) is 8.08. The number of rotatable bonds is 10. The Morgan fingerprint density at radius 1 is 1.03 bits per heavy atom. The van der Waals surface area contributed by atoms with Gasteiger partial charge in [0, 0.05) is 24.0 Å². The van der Waals surface area contributed by atoms with E-state index in [4.69, 9.17) is 16.3 Å². The minimum Gasteiger partial charge on any atom is -0.483 e. The van der Waals surface area contributed by atoms with E-state index in [1.165, 1.54) is 17.0 Å². The van der Waals surface area contributed by atoms with E-state index in [0.29, 0.717) is 27.2 Å². The van der Waals surface area contributed by atoms with Gasteiger partial charge >= 0.3 is 0 Å². The van der Waals surface area contributed by atoms with Gasteiger partial charge in [-0.05, 0) is 71.2 Å². The summed E-state index contributed by atoms with van der Waals surface area (Å²) >= 11 is 9.38. The van der Waals surface area contributed by atoms with Crippen molar-refractivity contribution in [3.8, 4) is 5.75 Å². The Morgan fingerprint density at radius 3 is 2.34 bits per heavy atom. The predicted octanol–water partition coefficient (Wildman–Crippen LogP) is 5.79. The van der Waals surface area contributed by atoms with E-state index in [9.17, 15) is 14.0 Å². The summed E-state index contributed by atoms with van der Waals surface area (Å²) in [4.78, 5) is 28.3. The molecular weight excluding hydrogens is 535 g/mol. The Bertz CT molecular complexity index is 1140. The van der Waals surface area contributed by atoms with Crippen LogP contribution < -0.4 is 10.1 Å². The topological polar surface area (TPSA) is 58.6 Å². The number of amides is 2. The molecule has 2 amide bonds. The molecule has 0 radical (unpaired) electrons. The van der Waals surface area contributed by atoms with Gasteiger partial charge in [-0.3, -0.25) is 9.59 Å². The number of carbonyl (C=O) groups excluding carboxylic acids is 2. The Kier molecular flexibility index (Phi) is 9.69. The summed E-state index contributed by atoms with van der Waals surface area (Å²) in [6, 6.07) is 19.5. The van der Waals surface area contributed by atoms with E-state index < -0.39 is 6.04 Å². The van der Waals surface area contributed by atoms with E-state index in [-0.39, 0.29) is 36.8 Å². The maximum Gasteiger partial charge on any atom is 0.261 e. The molecule has 0 aliphatic carbocycles. The molecule has 8 heteroatoms. The number of nitrogens with zero attached hydrogens (tertiary/aromatic N) is 1. The SMILES string of the molecule is CC(C)NC(=O)[C@@H](Cc1ccccc1)N(Cc1ccc(F)cc1)C(=O)COc1ccc(Cl)cc1Br. The van der Waals surface area contributed by atoms with Crippen molar-refractivity contribution in [3.05, 3.63) is 99.2 Å². The van der Waals surface area contributed by atoms with E-state index in [2.05, 4.69) is 21.2 Å². The molecule has 0 bridgehead atoms. The molecule has 5 nitrogen and oxygen atoms in total. The van der Waals surface area contributed by atoms with Crippen LogP contribution in [0.1, 0.15) is 25.0 Å². The Balaban J connectivity index is 1.91. The Hall–Kier alpha value is -2.90. The molecule has 1 N–H and O–H groups in total. The molecule has 1 atom stereocenters. The second-order valence-electron chi connectivity index (χ2n) is 8.38. The maximum atomic E-state index is 13.5. The first-order chi connectivity index (χ1) is 16.7. The highest BCUT2D eigenvalue weighted by atomic mass is 79.9. The van der Waals surface area contributed by atoms with Gasteiger partial charge in [-0.1, -0.05) is 54.1 Å². The van der Waals surface area contributed by atoms with Crippen LogP contribution in [0.25, 0.3) is 0 Å². The van der Waals surface area contributed by atoms with Gasteiger partial charge in [-0.15, -0.1) is 0 Å². The minimum atomic E-state index is -0.797. The number of hydrogen-bond donors (Lipinski definition) is 1. The first-order valence-electron chi connectivity index (χ1n) is 11.2. The summed E-state index contributed by atoms with van der Waals surface area (Å²) in [5.41, 5.74) is 1.61. The van der Waals surface area contributed by atoms with Gasteiger partial charge in [-0.2, -0.15) is 0 Å². The van der Waals surface area contributed by atoms with Crippen LogP contribution in [0.5, 0.6) is 5.75 Å². The molecule has 0 aliphatic heterocycles. The van der Waals surface area contributed by atoms with Crippen molar-refractivity contribution in [2.45, 2.75) is 38.9 Å². The minimum absolute atomic E-state index is 0.107.